The third-order valence-corrected chi connectivity index (χ3v) is 2.77. The molecule has 2 aromatic rings. The lowest BCUT2D eigenvalue weighted by Gasteiger charge is -2.10. The maximum Gasteiger partial charge on any atom is 0.419 e. The number of ether oxygens (including phenoxy) is 1. The van der Waals surface area contributed by atoms with Crippen LogP contribution >= 0.6 is 0 Å². The number of alkyl halides is 3. The van der Waals surface area contributed by atoms with Crippen LogP contribution in [0.15, 0.2) is 36.7 Å². The number of rotatable bonds is 4. The van der Waals surface area contributed by atoms with Gasteiger partial charge in [-0.2, -0.15) is 13.2 Å². The monoisotopic (exact) mass is 301 g/mol. The first-order valence-corrected chi connectivity index (χ1v) is 5.92. The maximum absolute atomic E-state index is 13.1. The summed E-state index contributed by atoms with van der Waals surface area (Å²) in [6.07, 6.45) is -1.59. The lowest BCUT2D eigenvalue weighted by Crippen LogP contribution is -2.12. The van der Waals surface area contributed by atoms with E-state index in [1.165, 1.54) is 0 Å². The van der Waals surface area contributed by atoms with E-state index < -0.39 is 24.2 Å². The van der Waals surface area contributed by atoms with Crippen LogP contribution in [0.3, 0.4) is 0 Å². The number of carbonyl (C=O) groups is 1. The van der Waals surface area contributed by atoms with E-state index >= 15 is 0 Å². The fraction of sp³-hybridized carbons (Fsp3) is 0.214. The number of benzene rings is 1. The van der Waals surface area contributed by atoms with E-state index in [1.54, 1.807) is 30.1 Å². The van der Waals surface area contributed by atoms with Crippen molar-refractivity contribution < 1.29 is 27.1 Å². The van der Waals surface area contributed by atoms with Gasteiger partial charge in [-0.1, -0.05) is 0 Å². The fourth-order valence-electron chi connectivity index (χ4n) is 1.71. The predicted octanol–water partition coefficient (Wildman–Crippen LogP) is 3.44. The number of aromatic nitrogens is 1. The molecule has 1 aromatic heterocycles. The van der Waals surface area contributed by atoms with E-state index in [0.29, 0.717) is 17.7 Å². The van der Waals surface area contributed by atoms with Gasteiger partial charge < -0.3 is 9.30 Å². The molecule has 0 aliphatic heterocycles. The number of halogens is 4. The van der Waals surface area contributed by atoms with Crippen LogP contribution in [0, 0.1) is 5.82 Å². The van der Waals surface area contributed by atoms with Gasteiger partial charge >= 0.3 is 6.18 Å². The van der Waals surface area contributed by atoms with Gasteiger partial charge in [-0.05, 0) is 24.3 Å². The summed E-state index contributed by atoms with van der Waals surface area (Å²) < 4.78 is 57.3. The average Bonchev–Trinajstić information content (AvgIpc) is 2.83. The lowest BCUT2D eigenvalue weighted by molar-refractivity contribution is -0.140. The zero-order valence-electron chi connectivity index (χ0n) is 10.9. The summed E-state index contributed by atoms with van der Waals surface area (Å²) in [6.45, 7) is -0.424. The van der Waals surface area contributed by atoms with Crippen LogP contribution in [0.25, 0.3) is 0 Å². The van der Waals surface area contributed by atoms with E-state index in [1.807, 2.05) is 0 Å². The number of Topliss-reactive ketones (excluding diaryl/α,β-unsaturated/α-hetero) is 1. The van der Waals surface area contributed by atoms with Crippen LogP contribution in [0.1, 0.15) is 15.9 Å². The third kappa shape index (κ3) is 3.62. The van der Waals surface area contributed by atoms with E-state index in [9.17, 15) is 22.4 Å². The van der Waals surface area contributed by atoms with Crippen molar-refractivity contribution >= 4 is 5.78 Å². The largest absolute Gasteiger partial charge is 0.485 e. The highest BCUT2D eigenvalue weighted by Gasteiger charge is 2.34. The Balaban J connectivity index is 2.09. The average molecular weight is 301 g/mol. The second-order valence-corrected chi connectivity index (χ2v) is 4.42. The molecular weight excluding hydrogens is 290 g/mol. The molecule has 1 heterocycles. The number of hydrogen-bond donors (Lipinski definition) is 0. The molecule has 21 heavy (non-hydrogen) atoms. The molecule has 0 saturated carbocycles. The van der Waals surface area contributed by atoms with Gasteiger partial charge in [-0.15, -0.1) is 0 Å². The number of carbonyl (C=O) groups excluding carboxylic acids is 1. The highest BCUT2D eigenvalue weighted by molar-refractivity contribution is 5.97. The molecule has 0 atom stereocenters. The molecular formula is C14H11F4NO2. The van der Waals surface area contributed by atoms with E-state index in [4.69, 9.17) is 4.74 Å². The lowest BCUT2D eigenvalue weighted by atomic mass is 10.2. The molecule has 0 amide bonds. The van der Waals surface area contributed by atoms with Gasteiger partial charge in [0.15, 0.2) is 6.61 Å². The normalized spacial score (nSPS) is 11.5. The van der Waals surface area contributed by atoms with Crippen LogP contribution < -0.4 is 4.74 Å². The van der Waals surface area contributed by atoms with E-state index in [2.05, 4.69) is 0 Å². The first kappa shape index (κ1) is 15.1. The summed E-state index contributed by atoms with van der Waals surface area (Å²) in [6, 6.07) is 3.80. The number of hydrogen-bond acceptors (Lipinski definition) is 2. The Morgan fingerprint density at radius 3 is 2.57 bits per heavy atom. The van der Waals surface area contributed by atoms with Gasteiger partial charge in [0.2, 0.25) is 5.78 Å². The third-order valence-electron chi connectivity index (χ3n) is 2.77. The molecule has 112 valence electrons. The molecule has 0 aliphatic carbocycles. The quantitative estimate of drug-likeness (QED) is 0.640. The summed E-state index contributed by atoms with van der Waals surface area (Å²) >= 11 is 0. The smallest absolute Gasteiger partial charge is 0.419 e. The van der Waals surface area contributed by atoms with Crippen molar-refractivity contribution in [3.63, 3.8) is 0 Å². The highest BCUT2D eigenvalue weighted by Crippen LogP contribution is 2.33. The number of ketones is 1. The van der Waals surface area contributed by atoms with Gasteiger partial charge in [0.05, 0.1) is 5.56 Å². The SMILES string of the molecule is Cn1ccc(C(=O)COc2ccc(F)c(C(F)(F)F)c2)c1. The van der Waals surface area contributed by atoms with Crippen LogP contribution in [-0.4, -0.2) is 17.0 Å². The van der Waals surface area contributed by atoms with Crippen molar-refractivity contribution in [1.29, 1.82) is 0 Å². The summed E-state index contributed by atoms with van der Waals surface area (Å²) in [5.41, 5.74) is -1.04. The van der Waals surface area contributed by atoms with Crippen molar-refractivity contribution in [2.24, 2.45) is 7.05 Å². The molecule has 0 spiro atoms. The Kier molecular flexibility index (Phi) is 4.02. The fourth-order valence-corrected chi connectivity index (χ4v) is 1.71. The van der Waals surface area contributed by atoms with E-state index in [-0.39, 0.29) is 11.5 Å². The first-order valence-electron chi connectivity index (χ1n) is 5.92. The second kappa shape index (κ2) is 5.59. The van der Waals surface area contributed by atoms with Crippen LogP contribution in [-0.2, 0) is 13.2 Å². The molecule has 0 unspecified atom stereocenters. The van der Waals surface area contributed by atoms with Crippen LogP contribution in [0.5, 0.6) is 5.75 Å². The Hall–Kier alpha value is -2.31. The molecule has 0 radical (unpaired) electrons. The minimum atomic E-state index is -4.81. The van der Waals surface area contributed by atoms with Crippen molar-refractivity contribution in [2.75, 3.05) is 6.61 Å². The zero-order chi connectivity index (χ0) is 15.6. The molecule has 2 rings (SSSR count). The molecule has 0 saturated heterocycles. The molecule has 0 bridgehead atoms. The van der Waals surface area contributed by atoms with Gasteiger partial charge in [-0.3, -0.25) is 4.79 Å². The van der Waals surface area contributed by atoms with Crippen molar-refractivity contribution in [3.05, 3.63) is 53.6 Å². The summed E-state index contributed by atoms with van der Waals surface area (Å²) in [4.78, 5) is 11.7. The zero-order valence-corrected chi connectivity index (χ0v) is 10.9. The second-order valence-electron chi connectivity index (χ2n) is 4.42. The molecule has 0 aliphatic rings. The Bertz CT molecular complexity index is 661. The molecule has 7 heteroatoms. The van der Waals surface area contributed by atoms with Crippen molar-refractivity contribution in [2.45, 2.75) is 6.18 Å². The summed E-state index contributed by atoms with van der Waals surface area (Å²) in [5.74, 6) is -1.98. The minimum Gasteiger partial charge on any atom is -0.485 e. The Morgan fingerprint density at radius 1 is 1.29 bits per heavy atom. The van der Waals surface area contributed by atoms with Gasteiger partial charge in [0.1, 0.15) is 11.6 Å². The number of nitrogens with zero attached hydrogens (tertiary/aromatic N) is 1. The first-order chi connectivity index (χ1) is 9.77. The molecule has 0 fully saturated rings. The van der Waals surface area contributed by atoms with Gasteiger partial charge in [-0.25, -0.2) is 4.39 Å². The predicted molar refractivity (Wildman–Crippen MR) is 66.6 cm³/mol. The van der Waals surface area contributed by atoms with E-state index in [0.717, 1.165) is 6.07 Å². The number of aryl methyl sites for hydroxylation is 1. The molecule has 1 aromatic carbocycles. The summed E-state index contributed by atoms with van der Waals surface area (Å²) in [7, 11) is 1.73. The van der Waals surface area contributed by atoms with Crippen LogP contribution in [0.4, 0.5) is 17.6 Å². The Labute approximate surface area is 117 Å². The summed E-state index contributed by atoms with van der Waals surface area (Å²) in [5, 5.41) is 0. The standard InChI is InChI=1S/C14H11F4NO2/c1-19-5-4-9(7-19)13(20)8-21-10-2-3-12(15)11(6-10)14(16,17)18/h2-7H,8H2,1H3. The minimum absolute atomic E-state index is 0.215. The van der Waals surface area contributed by atoms with Crippen LogP contribution in [0.2, 0.25) is 0 Å². The van der Waals surface area contributed by atoms with Crippen molar-refractivity contribution in [1.82, 2.24) is 4.57 Å². The highest BCUT2D eigenvalue weighted by atomic mass is 19.4. The molecule has 0 N–H and O–H groups in total. The topological polar surface area (TPSA) is 31.2 Å². The van der Waals surface area contributed by atoms with Gasteiger partial charge in [0, 0.05) is 25.0 Å². The van der Waals surface area contributed by atoms with Gasteiger partial charge in [0.25, 0.3) is 0 Å². The molecule has 3 nitrogen and oxygen atoms in total. The van der Waals surface area contributed by atoms with Crippen molar-refractivity contribution in [3.8, 4) is 5.75 Å². The Morgan fingerprint density at radius 2 is 2.00 bits per heavy atom. The maximum atomic E-state index is 13.1.